The summed E-state index contributed by atoms with van der Waals surface area (Å²) in [5, 5.41) is 0.572. The highest BCUT2D eigenvalue weighted by Crippen LogP contribution is 2.28. The molecule has 106 valence electrons. The molecule has 5 heteroatoms. The van der Waals surface area contributed by atoms with Crippen LogP contribution in [-0.4, -0.2) is 0 Å². The van der Waals surface area contributed by atoms with Gasteiger partial charge in [0.05, 0.1) is 10.0 Å². The standard InChI is InChI=1S/C15H14Cl2FNO/c1-9(19)11-3-5-15(13(17)7-11)20-8-10-2-4-12(16)14(18)6-10/h2-7,9H,8,19H2,1H3/t9-/m1/s1. The summed E-state index contributed by atoms with van der Waals surface area (Å²) in [5.74, 6) is 0.0672. The Morgan fingerprint density at radius 2 is 1.90 bits per heavy atom. The second-order valence-electron chi connectivity index (χ2n) is 4.52. The highest BCUT2D eigenvalue weighted by Gasteiger charge is 2.07. The monoisotopic (exact) mass is 313 g/mol. The van der Waals surface area contributed by atoms with Gasteiger partial charge in [-0.3, -0.25) is 0 Å². The first-order valence-corrected chi connectivity index (χ1v) is 6.84. The third-order valence-electron chi connectivity index (χ3n) is 2.86. The summed E-state index contributed by atoms with van der Waals surface area (Å²) in [6.45, 7) is 2.09. The minimum atomic E-state index is -0.467. The molecule has 0 aromatic heterocycles. The predicted octanol–water partition coefficient (Wildman–Crippen LogP) is 4.73. The van der Waals surface area contributed by atoms with E-state index in [9.17, 15) is 4.39 Å². The molecule has 0 saturated carbocycles. The van der Waals surface area contributed by atoms with E-state index >= 15 is 0 Å². The van der Waals surface area contributed by atoms with Gasteiger partial charge in [-0.1, -0.05) is 35.3 Å². The molecule has 2 N–H and O–H groups in total. The van der Waals surface area contributed by atoms with Gasteiger partial charge in [-0.2, -0.15) is 0 Å². The van der Waals surface area contributed by atoms with Crippen LogP contribution in [0.5, 0.6) is 5.75 Å². The molecule has 0 amide bonds. The van der Waals surface area contributed by atoms with E-state index in [2.05, 4.69) is 0 Å². The fourth-order valence-corrected chi connectivity index (χ4v) is 2.07. The van der Waals surface area contributed by atoms with Crippen LogP contribution in [0.15, 0.2) is 36.4 Å². The Labute approximate surface area is 127 Å². The third-order valence-corrected chi connectivity index (χ3v) is 3.46. The molecular formula is C15H14Cl2FNO. The second-order valence-corrected chi connectivity index (χ2v) is 5.33. The Balaban J connectivity index is 2.09. The summed E-state index contributed by atoms with van der Waals surface area (Å²) >= 11 is 11.7. The third kappa shape index (κ3) is 3.63. The molecule has 0 saturated heterocycles. The summed E-state index contributed by atoms with van der Waals surface area (Å²) < 4.78 is 18.9. The number of rotatable bonds is 4. The first-order chi connectivity index (χ1) is 9.47. The fourth-order valence-electron chi connectivity index (χ4n) is 1.71. The lowest BCUT2D eigenvalue weighted by atomic mass is 10.1. The van der Waals surface area contributed by atoms with E-state index in [1.807, 2.05) is 13.0 Å². The molecule has 2 aromatic carbocycles. The highest BCUT2D eigenvalue weighted by molar-refractivity contribution is 6.32. The molecule has 0 heterocycles. The van der Waals surface area contributed by atoms with Crippen LogP contribution in [0, 0.1) is 5.82 Å². The molecule has 0 unspecified atom stereocenters. The normalized spacial score (nSPS) is 12.2. The highest BCUT2D eigenvalue weighted by atomic mass is 35.5. The van der Waals surface area contributed by atoms with Gasteiger partial charge in [0.2, 0.25) is 0 Å². The van der Waals surface area contributed by atoms with Crippen molar-refractivity contribution in [3.05, 3.63) is 63.4 Å². The first-order valence-electron chi connectivity index (χ1n) is 6.09. The minimum absolute atomic E-state index is 0.0908. The lowest BCUT2D eigenvalue weighted by Gasteiger charge is -2.11. The minimum Gasteiger partial charge on any atom is -0.487 e. The van der Waals surface area contributed by atoms with E-state index in [0.29, 0.717) is 16.3 Å². The maximum atomic E-state index is 13.3. The van der Waals surface area contributed by atoms with Crippen LogP contribution in [0.2, 0.25) is 10.0 Å². The van der Waals surface area contributed by atoms with Gasteiger partial charge in [0.1, 0.15) is 18.2 Å². The van der Waals surface area contributed by atoms with Crippen LogP contribution in [0.25, 0.3) is 0 Å². The van der Waals surface area contributed by atoms with E-state index in [1.54, 1.807) is 18.2 Å². The summed E-state index contributed by atoms with van der Waals surface area (Å²) in [5.41, 5.74) is 7.39. The van der Waals surface area contributed by atoms with E-state index in [-0.39, 0.29) is 17.7 Å². The van der Waals surface area contributed by atoms with Crippen LogP contribution >= 0.6 is 23.2 Å². The van der Waals surface area contributed by atoms with Crippen LogP contribution in [0.1, 0.15) is 24.1 Å². The van der Waals surface area contributed by atoms with Crippen molar-refractivity contribution in [2.45, 2.75) is 19.6 Å². The number of hydrogen-bond donors (Lipinski definition) is 1. The van der Waals surface area contributed by atoms with Gasteiger partial charge in [0, 0.05) is 6.04 Å². The number of hydrogen-bond acceptors (Lipinski definition) is 2. The van der Waals surface area contributed by atoms with Crippen molar-refractivity contribution in [2.75, 3.05) is 0 Å². The Kier molecular flexibility index (Phi) is 4.86. The Hall–Kier alpha value is -1.29. The molecule has 0 bridgehead atoms. The van der Waals surface area contributed by atoms with Crippen molar-refractivity contribution in [3.8, 4) is 5.75 Å². The molecule has 1 atom stereocenters. The quantitative estimate of drug-likeness (QED) is 0.885. The average Bonchev–Trinajstić information content (AvgIpc) is 2.41. The van der Waals surface area contributed by atoms with Crippen molar-refractivity contribution in [2.24, 2.45) is 5.73 Å². The second kappa shape index (κ2) is 6.44. The Morgan fingerprint density at radius 1 is 1.15 bits per heavy atom. The maximum Gasteiger partial charge on any atom is 0.142 e. The zero-order chi connectivity index (χ0) is 14.7. The molecule has 20 heavy (non-hydrogen) atoms. The van der Waals surface area contributed by atoms with E-state index in [4.69, 9.17) is 33.7 Å². The van der Waals surface area contributed by atoms with Crippen LogP contribution in [0.3, 0.4) is 0 Å². The summed E-state index contributed by atoms with van der Waals surface area (Å²) in [6, 6.07) is 9.83. The van der Waals surface area contributed by atoms with Gasteiger partial charge in [-0.05, 0) is 42.3 Å². The smallest absolute Gasteiger partial charge is 0.142 e. The van der Waals surface area contributed by atoms with Crippen molar-refractivity contribution in [1.82, 2.24) is 0 Å². The van der Waals surface area contributed by atoms with Crippen molar-refractivity contribution < 1.29 is 9.13 Å². The van der Waals surface area contributed by atoms with Gasteiger partial charge < -0.3 is 10.5 Å². The SMILES string of the molecule is C[C@@H](N)c1ccc(OCc2ccc(Cl)c(F)c2)c(Cl)c1. The number of benzene rings is 2. The molecule has 0 aliphatic heterocycles. The predicted molar refractivity (Wildman–Crippen MR) is 79.8 cm³/mol. The van der Waals surface area contributed by atoms with Gasteiger partial charge in [-0.15, -0.1) is 0 Å². The van der Waals surface area contributed by atoms with Crippen molar-refractivity contribution in [3.63, 3.8) is 0 Å². The molecule has 0 aliphatic carbocycles. The van der Waals surface area contributed by atoms with Gasteiger partial charge in [0.25, 0.3) is 0 Å². The zero-order valence-corrected chi connectivity index (χ0v) is 12.4. The molecular weight excluding hydrogens is 300 g/mol. The van der Waals surface area contributed by atoms with Crippen molar-refractivity contribution in [1.29, 1.82) is 0 Å². The summed E-state index contributed by atoms with van der Waals surface area (Å²) in [6.07, 6.45) is 0. The molecule has 0 radical (unpaired) electrons. The molecule has 0 fully saturated rings. The number of halogens is 3. The average molecular weight is 314 g/mol. The molecule has 2 aromatic rings. The molecule has 0 spiro atoms. The fraction of sp³-hybridized carbons (Fsp3) is 0.200. The van der Waals surface area contributed by atoms with Gasteiger partial charge in [0.15, 0.2) is 0 Å². The lowest BCUT2D eigenvalue weighted by Crippen LogP contribution is -2.05. The maximum absolute atomic E-state index is 13.3. The first kappa shape index (κ1) is 15.1. The van der Waals surface area contributed by atoms with E-state index < -0.39 is 5.82 Å². The van der Waals surface area contributed by atoms with Crippen LogP contribution < -0.4 is 10.5 Å². The molecule has 0 aliphatic rings. The Morgan fingerprint density at radius 3 is 2.50 bits per heavy atom. The van der Waals surface area contributed by atoms with Gasteiger partial charge in [-0.25, -0.2) is 4.39 Å². The zero-order valence-electron chi connectivity index (χ0n) is 10.9. The molecule has 2 nitrogen and oxygen atoms in total. The molecule has 2 rings (SSSR count). The van der Waals surface area contributed by atoms with Crippen molar-refractivity contribution >= 4 is 23.2 Å². The van der Waals surface area contributed by atoms with Crippen LogP contribution in [0.4, 0.5) is 4.39 Å². The lowest BCUT2D eigenvalue weighted by molar-refractivity contribution is 0.305. The van der Waals surface area contributed by atoms with E-state index in [1.165, 1.54) is 12.1 Å². The summed E-state index contributed by atoms with van der Waals surface area (Å²) in [4.78, 5) is 0. The van der Waals surface area contributed by atoms with Gasteiger partial charge >= 0.3 is 0 Å². The number of ether oxygens (including phenoxy) is 1. The topological polar surface area (TPSA) is 35.2 Å². The van der Waals surface area contributed by atoms with E-state index in [0.717, 1.165) is 5.56 Å². The van der Waals surface area contributed by atoms with Crippen LogP contribution in [-0.2, 0) is 6.61 Å². The Bertz CT molecular complexity index is 617. The largest absolute Gasteiger partial charge is 0.487 e. The summed E-state index contributed by atoms with van der Waals surface area (Å²) in [7, 11) is 0. The number of nitrogens with two attached hydrogens (primary N) is 1.